The van der Waals surface area contributed by atoms with E-state index in [0.29, 0.717) is 43.8 Å². The summed E-state index contributed by atoms with van der Waals surface area (Å²) in [6, 6.07) is 7.04. The Morgan fingerprint density at radius 1 is 1.28 bits per heavy atom. The fourth-order valence-corrected chi connectivity index (χ4v) is 3.15. The van der Waals surface area contributed by atoms with Crippen LogP contribution < -0.4 is 10.9 Å². The first kappa shape index (κ1) is 17.4. The summed E-state index contributed by atoms with van der Waals surface area (Å²) in [4.78, 5) is 27.4. The molecule has 0 saturated carbocycles. The molecule has 0 radical (unpaired) electrons. The first-order valence-electron chi connectivity index (χ1n) is 8.56. The van der Waals surface area contributed by atoms with Crippen LogP contribution in [0.4, 0.5) is 0 Å². The molecule has 7 heteroatoms. The monoisotopic (exact) mass is 345 g/mol. The second-order valence-corrected chi connectivity index (χ2v) is 6.00. The summed E-state index contributed by atoms with van der Waals surface area (Å²) in [6.07, 6.45) is 0. The van der Waals surface area contributed by atoms with Gasteiger partial charge in [0, 0.05) is 38.1 Å². The van der Waals surface area contributed by atoms with E-state index in [-0.39, 0.29) is 11.3 Å². The average molecular weight is 345 g/mol. The number of pyridine rings is 1. The lowest BCUT2D eigenvalue weighted by Gasteiger charge is -2.26. The number of ether oxygens (including phenoxy) is 1. The third-order valence-electron chi connectivity index (χ3n) is 4.51. The first-order chi connectivity index (χ1) is 12.1. The number of rotatable bonds is 5. The summed E-state index contributed by atoms with van der Waals surface area (Å²) in [5, 5.41) is 13.7. The molecule has 0 unspecified atom stereocenters. The Bertz CT molecular complexity index is 825. The zero-order chi connectivity index (χ0) is 17.8. The van der Waals surface area contributed by atoms with Gasteiger partial charge >= 0.3 is 0 Å². The molecule has 2 heterocycles. The molecule has 3 rings (SSSR count). The number of aryl methyl sites for hydroxylation is 1. The number of carbonyl (C=O) groups is 1. The molecule has 134 valence electrons. The lowest BCUT2D eigenvalue weighted by Crippen LogP contribution is -2.42. The number of hydrogen-bond donors (Lipinski definition) is 2. The summed E-state index contributed by atoms with van der Waals surface area (Å²) in [6.45, 7) is 6.42. The highest BCUT2D eigenvalue weighted by Gasteiger charge is 2.21. The summed E-state index contributed by atoms with van der Waals surface area (Å²) < 4.78 is 6.79. The molecule has 1 aliphatic heterocycles. The smallest absolute Gasteiger partial charge is 0.267 e. The Kier molecular flexibility index (Phi) is 5.35. The van der Waals surface area contributed by atoms with Crippen molar-refractivity contribution in [2.45, 2.75) is 13.5 Å². The summed E-state index contributed by atoms with van der Waals surface area (Å²) in [5.74, 6) is -0.794. The van der Waals surface area contributed by atoms with Gasteiger partial charge in [0.1, 0.15) is 11.3 Å². The van der Waals surface area contributed by atoms with Gasteiger partial charge in [-0.2, -0.15) is 0 Å². The molecule has 7 nitrogen and oxygen atoms in total. The zero-order valence-corrected chi connectivity index (χ0v) is 14.3. The van der Waals surface area contributed by atoms with Crippen molar-refractivity contribution in [3.63, 3.8) is 0 Å². The minimum Gasteiger partial charge on any atom is -0.506 e. The fraction of sp³-hybridized carbons (Fsp3) is 0.444. The van der Waals surface area contributed by atoms with Crippen molar-refractivity contribution in [1.82, 2.24) is 14.8 Å². The molecule has 25 heavy (non-hydrogen) atoms. The Morgan fingerprint density at radius 3 is 2.72 bits per heavy atom. The van der Waals surface area contributed by atoms with Gasteiger partial charge in [-0.05, 0) is 19.1 Å². The van der Waals surface area contributed by atoms with Crippen LogP contribution in [0.3, 0.4) is 0 Å². The summed E-state index contributed by atoms with van der Waals surface area (Å²) in [5.41, 5.74) is -0.0394. The van der Waals surface area contributed by atoms with Crippen molar-refractivity contribution in [3.05, 3.63) is 40.2 Å². The summed E-state index contributed by atoms with van der Waals surface area (Å²) >= 11 is 0. The van der Waals surface area contributed by atoms with Crippen LogP contribution in [0.5, 0.6) is 5.75 Å². The lowest BCUT2D eigenvalue weighted by atomic mass is 10.1. The first-order valence-corrected chi connectivity index (χ1v) is 8.56. The SMILES string of the molecule is CCn1c(=O)c(C(=O)NCCN2CCOCC2)c(O)c2ccccc21. The molecule has 1 amide bonds. The van der Waals surface area contributed by atoms with Crippen molar-refractivity contribution < 1.29 is 14.6 Å². The van der Waals surface area contributed by atoms with E-state index in [2.05, 4.69) is 10.2 Å². The molecular weight excluding hydrogens is 322 g/mol. The molecule has 0 aliphatic carbocycles. The van der Waals surface area contributed by atoms with E-state index in [4.69, 9.17) is 4.74 Å². The average Bonchev–Trinajstić information content (AvgIpc) is 2.63. The third-order valence-corrected chi connectivity index (χ3v) is 4.51. The second-order valence-electron chi connectivity index (χ2n) is 6.00. The molecule has 0 atom stereocenters. The van der Waals surface area contributed by atoms with Crippen LogP contribution in [0.15, 0.2) is 29.1 Å². The van der Waals surface area contributed by atoms with Crippen molar-refractivity contribution in [3.8, 4) is 5.75 Å². The minimum atomic E-state index is -0.538. The summed E-state index contributed by atoms with van der Waals surface area (Å²) in [7, 11) is 0. The van der Waals surface area contributed by atoms with E-state index in [0.717, 1.165) is 13.1 Å². The molecule has 2 aromatic rings. The quantitative estimate of drug-likeness (QED) is 0.837. The number of fused-ring (bicyclic) bond motifs is 1. The largest absolute Gasteiger partial charge is 0.506 e. The fourth-order valence-electron chi connectivity index (χ4n) is 3.15. The van der Waals surface area contributed by atoms with Gasteiger partial charge in [-0.15, -0.1) is 0 Å². The van der Waals surface area contributed by atoms with E-state index < -0.39 is 11.5 Å². The molecule has 1 aromatic heterocycles. The number of carbonyl (C=O) groups excluding carboxylic acids is 1. The standard InChI is InChI=1S/C18H23N3O4/c1-2-21-14-6-4-3-5-13(14)16(22)15(18(21)24)17(23)19-7-8-20-9-11-25-12-10-20/h3-6,22H,2,7-12H2,1H3,(H,19,23). The third kappa shape index (κ3) is 3.52. The Balaban J connectivity index is 1.82. The maximum Gasteiger partial charge on any atom is 0.267 e. The van der Waals surface area contributed by atoms with Crippen LogP contribution in [-0.4, -0.2) is 59.9 Å². The Morgan fingerprint density at radius 2 is 2.00 bits per heavy atom. The van der Waals surface area contributed by atoms with Crippen LogP contribution in [0, 0.1) is 0 Å². The predicted molar refractivity (Wildman–Crippen MR) is 95.1 cm³/mol. The number of amides is 1. The van der Waals surface area contributed by atoms with Crippen molar-refractivity contribution >= 4 is 16.8 Å². The van der Waals surface area contributed by atoms with E-state index in [1.807, 2.05) is 6.92 Å². The molecule has 0 bridgehead atoms. The van der Waals surface area contributed by atoms with E-state index in [1.54, 1.807) is 24.3 Å². The topological polar surface area (TPSA) is 83.8 Å². The van der Waals surface area contributed by atoms with Crippen LogP contribution in [0.2, 0.25) is 0 Å². The molecule has 1 aromatic carbocycles. The highest BCUT2D eigenvalue weighted by molar-refractivity contribution is 6.02. The number of benzene rings is 1. The zero-order valence-electron chi connectivity index (χ0n) is 14.3. The van der Waals surface area contributed by atoms with Gasteiger partial charge in [-0.3, -0.25) is 14.5 Å². The number of nitrogens with zero attached hydrogens (tertiary/aromatic N) is 2. The van der Waals surface area contributed by atoms with Crippen molar-refractivity contribution in [1.29, 1.82) is 0 Å². The van der Waals surface area contributed by atoms with Gasteiger partial charge in [0.05, 0.1) is 18.7 Å². The van der Waals surface area contributed by atoms with Crippen molar-refractivity contribution in [2.24, 2.45) is 0 Å². The molecule has 0 spiro atoms. The molecule has 1 aliphatic rings. The molecule has 1 fully saturated rings. The van der Waals surface area contributed by atoms with Gasteiger partial charge in [0.15, 0.2) is 0 Å². The van der Waals surface area contributed by atoms with E-state index in [9.17, 15) is 14.7 Å². The maximum atomic E-state index is 12.7. The number of aromatic hydroxyl groups is 1. The number of nitrogens with one attached hydrogen (secondary N) is 1. The van der Waals surface area contributed by atoms with Gasteiger partial charge in [0.25, 0.3) is 11.5 Å². The predicted octanol–water partition coefficient (Wildman–Crippen LogP) is 0.789. The van der Waals surface area contributed by atoms with Gasteiger partial charge in [-0.1, -0.05) is 12.1 Å². The van der Waals surface area contributed by atoms with Gasteiger partial charge in [0.2, 0.25) is 0 Å². The minimum absolute atomic E-state index is 0.192. The van der Waals surface area contributed by atoms with Crippen LogP contribution >= 0.6 is 0 Å². The maximum absolute atomic E-state index is 12.7. The molecular formula is C18H23N3O4. The van der Waals surface area contributed by atoms with E-state index >= 15 is 0 Å². The highest BCUT2D eigenvalue weighted by Crippen LogP contribution is 2.26. The lowest BCUT2D eigenvalue weighted by molar-refractivity contribution is 0.0383. The van der Waals surface area contributed by atoms with Crippen LogP contribution in [-0.2, 0) is 11.3 Å². The number of hydrogen-bond acceptors (Lipinski definition) is 5. The van der Waals surface area contributed by atoms with Crippen LogP contribution in [0.25, 0.3) is 10.9 Å². The van der Waals surface area contributed by atoms with Gasteiger partial charge < -0.3 is 19.7 Å². The van der Waals surface area contributed by atoms with Crippen molar-refractivity contribution in [2.75, 3.05) is 39.4 Å². The normalized spacial score (nSPS) is 15.4. The number of morpholine rings is 1. The highest BCUT2D eigenvalue weighted by atomic mass is 16.5. The number of para-hydroxylation sites is 1. The Hall–Kier alpha value is -2.38. The van der Waals surface area contributed by atoms with Crippen LogP contribution in [0.1, 0.15) is 17.3 Å². The number of aromatic nitrogens is 1. The van der Waals surface area contributed by atoms with Gasteiger partial charge in [-0.25, -0.2) is 0 Å². The second kappa shape index (κ2) is 7.67. The molecule has 2 N–H and O–H groups in total. The molecule has 1 saturated heterocycles. The van der Waals surface area contributed by atoms with E-state index in [1.165, 1.54) is 4.57 Å². The Labute approximate surface area is 145 Å².